The number of carbonyl (C=O) groups excluding carboxylic acids is 2. The van der Waals surface area contributed by atoms with E-state index in [4.69, 9.17) is 14.5 Å². The van der Waals surface area contributed by atoms with Crippen molar-refractivity contribution in [2.24, 2.45) is 0 Å². The Balaban J connectivity index is 1.61. The third-order valence-corrected chi connectivity index (χ3v) is 6.49. The number of ether oxygens (including phenoxy) is 2. The van der Waals surface area contributed by atoms with E-state index in [0.29, 0.717) is 62.5 Å². The van der Waals surface area contributed by atoms with Crippen LogP contribution < -0.4 is 19.7 Å². The fraction of sp³-hybridized carbons (Fsp3) is 0.538. The van der Waals surface area contributed by atoms with Crippen molar-refractivity contribution in [1.29, 1.82) is 0 Å². The summed E-state index contributed by atoms with van der Waals surface area (Å²) in [5, 5.41) is 3.44. The van der Waals surface area contributed by atoms with Crippen molar-refractivity contribution in [3.05, 3.63) is 35.0 Å². The van der Waals surface area contributed by atoms with E-state index in [0.717, 1.165) is 16.9 Å². The lowest BCUT2D eigenvalue weighted by Gasteiger charge is -2.34. The molecule has 1 fully saturated rings. The van der Waals surface area contributed by atoms with Crippen molar-refractivity contribution in [3.63, 3.8) is 0 Å². The van der Waals surface area contributed by atoms with Crippen LogP contribution in [-0.2, 0) is 17.9 Å². The smallest absolute Gasteiger partial charge is 0.273 e. The molecule has 194 valence electrons. The summed E-state index contributed by atoms with van der Waals surface area (Å²) in [6.07, 6.45) is 0.0689. The van der Waals surface area contributed by atoms with Crippen molar-refractivity contribution in [2.75, 3.05) is 43.5 Å². The largest absolute Gasteiger partial charge is 0.496 e. The number of anilines is 2. The molecule has 1 saturated heterocycles. The number of amides is 2. The highest BCUT2D eigenvalue weighted by molar-refractivity contribution is 5.98. The van der Waals surface area contributed by atoms with Crippen LogP contribution in [0.15, 0.2) is 18.2 Å². The SMILES string of the molecule is COc1cc(OC(C)C)ccc1CNc1nc(N2CCN(C(C)=O)CC2)nc2c1CN(C(C)C)C2=O. The van der Waals surface area contributed by atoms with Gasteiger partial charge in [-0.25, -0.2) is 4.98 Å². The molecule has 10 heteroatoms. The molecule has 2 aliphatic heterocycles. The Hall–Kier alpha value is -3.56. The molecule has 1 aromatic heterocycles. The minimum atomic E-state index is -0.0816. The highest BCUT2D eigenvalue weighted by Gasteiger charge is 2.35. The number of nitrogens with zero attached hydrogens (tertiary/aromatic N) is 5. The molecule has 2 amide bonds. The van der Waals surface area contributed by atoms with E-state index >= 15 is 0 Å². The number of aromatic nitrogens is 2. The van der Waals surface area contributed by atoms with Crippen LogP contribution in [0.3, 0.4) is 0 Å². The Bertz CT molecular complexity index is 1130. The number of hydrogen-bond donors (Lipinski definition) is 1. The van der Waals surface area contributed by atoms with Crippen LogP contribution in [0.1, 0.15) is 56.2 Å². The minimum absolute atomic E-state index is 0.0516. The Labute approximate surface area is 212 Å². The van der Waals surface area contributed by atoms with E-state index in [-0.39, 0.29) is 24.0 Å². The van der Waals surface area contributed by atoms with Gasteiger partial charge in [0.15, 0.2) is 0 Å². The monoisotopic (exact) mass is 496 g/mol. The second-order valence-corrected chi connectivity index (χ2v) is 9.71. The van der Waals surface area contributed by atoms with E-state index in [2.05, 4.69) is 10.3 Å². The molecule has 10 nitrogen and oxygen atoms in total. The van der Waals surface area contributed by atoms with E-state index < -0.39 is 0 Å². The molecule has 1 N–H and O–H groups in total. The number of fused-ring (bicyclic) bond motifs is 1. The summed E-state index contributed by atoms with van der Waals surface area (Å²) in [6.45, 7) is 12.9. The second-order valence-electron chi connectivity index (χ2n) is 9.71. The average molecular weight is 497 g/mol. The van der Waals surface area contributed by atoms with Gasteiger partial charge in [-0.15, -0.1) is 0 Å². The molecule has 2 aliphatic rings. The van der Waals surface area contributed by atoms with E-state index in [1.165, 1.54) is 0 Å². The number of carbonyl (C=O) groups is 2. The van der Waals surface area contributed by atoms with Crippen LogP contribution in [0.2, 0.25) is 0 Å². The zero-order valence-corrected chi connectivity index (χ0v) is 22.0. The fourth-order valence-corrected chi connectivity index (χ4v) is 4.50. The molecule has 36 heavy (non-hydrogen) atoms. The molecule has 0 bridgehead atoms. The molecule has 3 heterocycles. The summed E-state index contributed by atoms with van der Waals surface area (Å²) < 4.78 is 11.4. The van der Waals surface area contributed by atoms with E-state index in [9.17, 15) is 9.59 Å². The topological polar surface area (TPSA) is 100 Å². The highest BCUT2D eigenvalue weighted by atomic mass is 16.5. The summed E-state index contributed by atoms with van der Waals surface area (Å²) in [7, 11) is 1.64. The maximum Gasteiger partial charge on any atom is 0.273 e. The molecule has 1 aromatic carbocycles. The van der Waals surface area contributed by atoms with Crippen molar-refractivity contribution < 1.29 is 19.1 Å². The lowest BCUT2D eigenvalue weighted by Crippen LogP contribution is -2.48. The van der Waals surface area contributed by atoms with Gasteiger partial charge in [-0.05, 0) is 39.8 Å². The first kappa shape index (κ1) is 25.5. The van der Waals surface area contributed by atoms with Crippen molar-refractivity contribution in [1.82, 2.24) is 19.8 Å². The van der Waals surface area contributed by atoms with Crippen LogP contribution >= 0.6 is 0 Å². The third kappa shape index (κ3) is 5.32. The highest BCUT2D eigenvalue weighted by Crippen LogP contribution is 2.32. The Morgan fingerprint density at radius 2 is 1.83 bits per heavy atom. The van der Waals surface area contributed by atoms with Gasteiger partial charge in [0.1, 0.15) is 23.0 Å². The van der Waals surface area contributed by atoms with E-state index in [1.807, 2.05) is 55.7 Å². The maximum atomic E-state index is 13.2. The van der Waals surface area contributed by atoms with Crippen LogP contribution in [0.4, 0.5) is 11.8 Å². The number of hydrogen-bond acceptors (Lipinski definition) is 8. The molecule has 0 saturated carbocycles. The molecule has 0 atom stereocenters. The van der Waals surface area contributed by atoms with Gasteiger partial charge in [0.2, 0.25) is 11.9 Å². The maximum absolute atomic E-state index is 13.2. The van der Waals surface area contributed by atoms with Crippen LogP contribution in [0.5, 0.6) is 11.5 Å². The van der Waals surface area contributed by atoms with Crippen molar-refractivity contribution >= 4 is 23.6 Å². The van der Waals surface area contributed by atoms with Crippen LogP contribution in [0, 0.1) is 0 Å². The number of rotatable bonds is 8. The van der Waals surface area contributed by atoms with Gasteiger partial charge in [-0.2, -0.15) is 4.98 Å². The summed E-state index contributed by atoms with van der Waals surface area (Å²) in [5.74, 6) is 2.59. The average Bonchev–Trinajstić information content (AvgIpc) is 3.19. The summed E-state index contributed by atoms with van der Waals surface area (Å²) in [5.41, 5.74) is 2.19. The van der Waals surface area contributed by atoms with Gasteiger partial charge >= 0.3 is 0 Å². The second kappa shape index (κ2) is 10.6. The molecular formula is C26H36N6O4. The molecule has 0 radical (unpaired) electrons. The molecule has 2 aromatic rings. The molecular weight excluding hydrogens is 460 g/mol. The molecule has 0 unspecified atom stereocenters. The quantitative estimate of drug-likeness (QED) is 0.596. The summed E-state index contributed by atoms with van der Waals surface area (Å²) in [6, 6.07) is 5.83. The number of piperazine rings is 1. The van der Waals surface area contributed by atoms with Crippen molar-refractivity contribution in [3.8, 4) is 11.5 Å². The zero-order chi connectivity index (χ0) is 26.0. The lowest BCUT2D eigenvalue weighted by molar-refractivity contribution is -0.129. The first-order valence-electron chi connectivity index (χ1n) is 12.5. The Morgan fingerprint density at radius 1 is 1.11 bits per heavy atom. The fourth-order valence-electron chi connectivity index (χ4n) is 4.50. The predicted molar refractivity (Wildman–Crippen MR) is 138 cm³/mol. The normalized spacial score (nSPS) is 15.6. The predicted octanol–water partition coefficient (Wildman–Crippen LogP) is 2.92. The van der Waals surface area contributed by atoms with Gasteiger partial charge in [0, 0.05) is 62.9 Å². The van der Waals surface area contributed by atoms with Gasteiger partial charge in [0.05, 0.1) is 19.8 Å². The minimum Gasteiger partial charge on any atom is -0.496 e. The first-order valence-corrected chi connectivity index (χ1v) is 12.5. The standard InChI is InChI=1S/C26H36N6O4/c1-16(2)32-15-21-23(25(32)34)28-26(31-11-9-30(10-12-31)18(5)33)29-24(21)27-14-19-7-8-20(36-17(3)4)13-22(19)35-6/h7-8,13,16-17H,9-12,14-15H2,1-6H3,(H,27,28,29). The Kier molecular flexibility index (Phi) is 7.51. The van der Waals surface area contributed by atoms with Gasteiger partial charge in [-0.1, -0.05) is 0 Å². The van der Waals surface area contributed by atoms with Gasteiger partial charge < -0.3 is 29.5 Å². The zero-order valence-electron chi connectivity index (χ0n) is 22.0. The summed E-state index contributed by atoms with van der Waals surface area (Å²) >= 11 is 0. The van der Waals surface area contributed by atoms with Crippen LogP contribution in [-0.4, -0.2) is 77.0 Å². The molecule has 0 aliphatic carbocycles. The first-order chi connectivity index (χ1) is 17.2. The number of benzene rings is 1. The summed E-state index contributed by atoms with van der Waals surface area (Å²) in [4.78, 5) is 40.1. The molecule has 4 rings (SSSR count). The third-order valence-electron chi connectivity index (χ3n) is 6.49. The van der Waals surface area contributed by atoms with Gasteiger partial charge in [0.25, 0.3) is 5.91 Å². The Morgan fingerprint density at radius 3 is 2.44 bits per heavy atom. The number of methoxy groups -OCH3 is 1. The molecule has 0 spiro atoms. The van der Waals surface area contributed by atoms with Gasteiger partial charge in [-0.3, -0.25) is 9.59 Å². The van der Waals surface area contributed by atoms with Crippen LogP contribution in [0.25, 0.3) is 0 Å². The lowest BCUT2D eigenvalue weighted by atomic mass is 10.1. The van der Waals surface area contributed by atoms with Crippen molar-refractivity contribution in [2.45, 2.75) is 59.9 Å². The number of nitrogens with one attached hydrogen (secondary N) is 1. The van der Waals surface area contributed by atoms with E-state index in [1.54, 1.807) is 18.9 Å².